The van der Waals surface area contributed by atoms with E-state index in [-0.39, 0.29) is 17.2 Å². The maximum atomic E-state index is 12.9. The first-order valence-electron chi connectivity index (χ1n) is 8.86. The highest BCUT2D eigenvalue weighted by Crippen LogP contribution is 2.67. The number of carbonyl (C=O) groups excluding carboxylic acids is 1. The van der Waals surface area contributed by atoms with Gasteiger partial charge in [-0.25, -0.2) is 0 Å². The standard InChI is InChI=1S/C19H24N2O/c1-2-18-8-5-10-21-11-9-19(17(18)21)13-6-3-4-7-15(13)20-16(22)14(19)12-18/h3-4,6-7,14,17H,2,5,8-12H2,1H3,(H,20,22)/t14-,17+,18+,19+/m1/s1. The minimum atomic E-state index is 0.0787. The number of nitrogens with one attached hydrogen (secondary N) is 1. The molecule has 3 aliphatic heterocycles. The van der Waals surface area contributed by atoms with Crippen molar-refractivity contribution < 1.29 is 4.79 Å². The Kier molecular flexibility index (Phi) is 2.47. The SMILES string of the molecule is CC[C@]12CCCN3CC[C@@]4(c5ccccc5NC(=O)[C@H]4C1)[C@@H]32. The Labute approximate surface area is 132 Å². The Morgan fingerprint density at radius 2 is 2.14 bits per heavy atom. The summed E-state index contributed by atoms with van der Waals surface area (Å²) in [6.07, 6.45) is 6.07. The zero-order chi connectivity index (χ0) is 14.9. The summed E-state index contributed by atoms with van der Waals surface area (Å²) in [5, 5.41) is 3.20. The molecule has 1 aromatic carbocycles. The van der Waals surface area contributed by atoms with E-state index in [0.29, 0.717) is 11.5 Å². The molecule has 0 bridgehead atoms. The van der Waals surface area contributed by atoms with Gasteiger partial charge >= 0.3 is 0 Å². The van der Waals surface area contributed by atoms with E-state index in [0.717, 1.165) is 18.5 Å². The maximum Gasteiger partial charge on any atom is 0.228 e. The first-order valence-corrected chi connectivity index (χ1v) is 8.86. The average Bonchev–Trinajstić information content (AvgIpc) is 3.08. The van der Waals surface area contributed by atoms with Crippen molar-refractivity contribution in [1.29, 1.82) is 0 Å². The van der Waals surface area contributed by atoms with Gasteiger partial charge in [0.05, 0.1) is 5.92 Å². The van der Waals surface area contributed by atoms with E-state index >= 15 is 0 Å². The second-order valence-corrected chi connectivity index (χ2v) is 7.84. The molecule has 3 fully saturated rings. The Morgan fingerprint density at radius 3 is 3.00 bits per heavy atom. The van der Waals surface area contributed by atoms with E-state index in [4.69, 9.17) is 0 Å². The fourth-order valence-electron chi connectivity index (χ4n) is 6.56. The fourth-order valence-corrected chi connectivity index (χ4v) is 6.56. The minimum absolute atomic E-state index is 0.0787. The van der Waals surface area contributed by atoms with Gasteiger partial charge < -0.3 is 5.32 Å². The first kappa shape index (κ1) is 13.1. The van der Waals surface area contributed by atoms with E-state index in [9.17, 15) is 4.79 Å². The van der Waals surface area contributed by atoms with Gasteiger partial charge in [-0.2, -0.15) is 0 Å². The van der Waals surface area contributed by atoms with Crippen LogP contribution in [0.1, 0.15) is 44.6 Å². The number of piperidine rings is 1. The third kappa shape index (κ3) is 1.31. The second-order valence-electron chi connectivity index (χ2n) is 7.84. The quantitative estimate of drug-likeness (QED) is 0.863. The molecule has 3 nitrogen and oxygen atoms in total. The van der Waals surface area contributed by atoms with Crippen LogP contribution in [0.2, 0.25) is 0 Å². The fraction of sp³-hybridized carbons (Fsp3) is 0.632. The predicted octanol–water partition coefficient (Wildman–Crippen LogP) is 3.16. The van der Waals surface area contributed by atoms with Gasteiger partial charge in [-0.1, -0.05) is 25.1 Å². The van der Waals surface area contributed by atoms with Crippen LogP contribution in [-0.4, -0.2) is 29.9 Å². The Hall–Kier alpha value is -1.35. The number of para-hydroxylation sites is 1. The smallest absolute Gasteiger partial charge is 0.228 e. The molecule has 3 heterocycles. The number of nitrogens with zero attached hydrogens (tertiary/aromatic N) is 1. The highest BCUT2D eigenvalue weighted by Gasteiger charge is 2.70. The lowest BCUT2D eigenvalue weighted by molar-refractivity contribution is -0.122. The number of carbonyl (C=O) groups is 1. The van der Waals surface area contributed by atoms with Crippen LogP contribution in [-0.2, 0) is 10.2 Å². The summed E-state index contributed by atoms with van der Waals surface area (Å²) < 4.78 is 0. The molecular formula is C19H24N2O. The van der Waals surface area contributed by atoms with Crippen molar-refractivity contribution in [3.63, 3.8) is 0 Å². The van der Waals surface area contributed by atoms with E-state index in [1.165, 1.54) is 37.9 Å². The topological polar surface area (TPSA) is 32.3 Å². The highest BCUT2D eigenvalue weighted by molar-refractivity contribution is 5.98. The molecule has 116 valence electrons. The molecule has 2 saturated heterocycles. The number of rotatable bonds is 1. The normalized spacial score (nSPS) is 42.5. The highest BCUT2D eigenvalue weighted by atomic mass is 16.2. The second kappa shape index (κ2) is 4.14. The predicted molar refractivity (Wildman–Crippen MR) is 86.8 cm³/mol. The van der Waals surface area contributed by atoms with Gasteiger partial charge in [-0.3, -0.25) is 9.69 Å². The van der Waals surface area contributed by atoms with Crippen LogP contribution in [0.4, 0.5) is 5.69 Å². The summed E-state index contributed by atoms with van der Waals surface area (Å²) in [6, 6.07) is 9.16. The summed E-state index contributed by atoms with van der Waals surface area (Å²) in [5.41, 5.74) is 2.93. The molecule has 1 aliphatic carbocycles. The number of amides is 1. The largest absolute Gasteiger partial charge is 0.326 e. The van der Waals surface area contributed by atoms with Crippen LogP contribution in [0, 0.1) is 11.3 Å². The molecule has 0 aromatic heterocycles. The van der Waals surface area contributed by atoms with Crippen LogP contribution < -0.4 is 5.32 Å². The summed E-state index contributed by atoms with van der Waals surface area (Å²) in [6.45, 7) is 4.74. The molecule has 5 rings (SSSR count). The summed E-state index contributed by atoms with van der Waals surface area (Å²) >= 11 is 0. The molecule has 1 amide bonds. The van der Waals surface area contributed by atoms with Crippen molar-refractivity contribution in [2.75, 3.05) is 18.4 Å². The van der Waals surface area contributed by atoms with E-state index < -0.39 is 0 Å². The van der Waals surface area contributed by atoms with Gasteiger partial charge in [0.15, 0.2) is 0 Å². The summed E-state index contributed by atoms with van der Waals surface area (Å²) in [7, 11) is 0. The van der Waals surface area contributed by atoms with Gasteiger partial charge in [0.2, 0.25) is 5.91 Å². The van der Waals surface area contributed by atoms with Crippen molar-refractivity contribution in [3.8, 4) is 0 Å². The van der Waals surface area contributed by atoms with Crippen molar-refractivity contribution in [3.05, 3.63) is 29.8 Å². The van der Waals surface area contributed by atoms with Crippen molar-refractivity contribution >= 4 is 11.6 Å². The molecule has 0 radical (unpaired) electrons. The molecule has 4 aliphatic rings. The molecular weight excluding hydrogens is 272 g/mol. The van der Waals surface area contributed by atoms with Gasteiger partial charge in [0.25, 0.3) is 0 Å². The molecule has 0 unspecified atom stereocenters. The van der Waals surface area contributed by atoms with Crippen LogP contribution in [0.15, 0.2) is 24.3 Å². The zero-order valence-corrected chi connectivity index (χ0v) is 13.3. The molecule has 1 saturated carbocycles. The van der Waals surface area contributed by atoms with E-state index in [1.807, 2.05) is 6.07 Å². The van der Waals surface area contributed by atoms with Gasteiger partial charge in [-0.15, -0.1) is 0 Å². The van der Waals surface area contributed by atoms with E-state index in [2.05, 4.69) is 35.3 Å². The molecule has 1 spiro atoms. The molecule has 22 heavy (non-hydrogen) atoms. The molecule has 3 heteroatoms. The Balaban J connectivity index is 1.77. The third-order valence-electron chi connectivity index (χ3n) is 7.31. The molecule has 4 atom stereocenters. The minimum Gasteiger partial charge on any atom is -0.326 e. The summed E-state index contributed by atoms with van der Waals surface area (Å²) in [4.78, 5) is 15.6. The third-order valence-corrected chi connectivity index (χ3v) is 7.31. The van der Waals surface area contributed by atoms with Crippen LogP contribution in [0.5, 0.6) is 0 Å². The van der Waals surface area contributed by atoms with Crippen LogP contribution in [0.25, 0.3) is 0 Å². The Bertz CT molecular complexity index is 657. The lowest BCUT2D eigenvalue weighted by atomic mass is 9.64. The number of hydrogen-bond donors (Lipinski definition) is 1. The van der Waals surface area contributed by atoms with Crippen LogP contribution in [0.3, 0.4) is 0 Å². The average molecular weight is 296 g/mol. The number of hydrogen-bond acceptors (Lipinski definition) is 2. The van der Waals surface area contributed by atoms with Crippen molar-refractivity contribution in [2.24, 2.45) is 11.3 Å². The Morgan fingerprint density at radius 1 is 1.27 bits per heavy atom. The maximum absolute atomic E-state index is 12.9. The monoisotopic (exact) mass is 296 g/mol. The van der Waals surface area contributed by atoms with Crippen molar-refractivity contribution in [2.45, 2.75) is 50.5 Å². The van der Waals surface area contributed by atoms with Gasteiger partial charge in [0.1, 0.15) is 0 Å². The number of benzene rings is 1. The number of fused-ring (bicyclic) bond motifs is 1. The molecule has 1 N–H and O–H groups in total. The van der Waals surface area contributed by atoms with Gasteiger partial charge in [0, 0.05) is 17.1 Å². The van der Waals surface area contributed by atoms with Gasteiger partial charge in [-0.05, 0) is 62.2 Å². The molecule has 1 aromatic rings. The summed E-state index contributed by atoms with van der Waals surface area (Å²) in [5.74, 6) is 0.457. The lowest BCUT2D eigenvalue weighted by Gasteiger charge is -2.48. The zero-order valence-electron chi connectivity index (χ0n) is 13.3. The number of anilines is 1. The van der Waals surface area contributed by atoms with E-state index in [1.54, 1.807) is 0 Å². The lowest BCUT2D eigenvalue weighted by Crippen LogP contribution is -2.54. The van der Waals surface area contributed by atoms with Crippen LogP contribution >= 0.6 is 0 Å². The van der Waals surface area contributed by atoms with Crippen molar-refractivity contribution in [1.82, 2.24) is 4.90 Å². The first-order chi connectivity index (χ1) is 10.7.